The Bertz CT molecular complexity index is 847. The predicted octanol–water partition coefficient (Wildman–Crippen LogP) is 1.68. The lowest BCUT2D eigenvalue weighted by atomic mass is 9.99. The second-order valence-electron chi connectivity index (χ2n) is 5.92. The number of amides is 1. The standard InChI is InChI=1S/C17H16N4O2S/c22-16(17(23)8-11-4-1-2-5-12(11)9-17)18-10-14-19-15(21-20-14)13-6-3-7-24-13/h1-7,23H,8-10H2,(H,18,22)(H,19,20,21). The number of fused-ring (bicyclic) bond motifs is 1. The molecule has 2 heterocycles. The fraction of sp³-hybridized carbons (Fsp3) is 0.235. The zero-order chi connectivity index (χ0) is 16.6. The van der Waals surface area contributed by atoms with Crippen LogP contribution in [0, 0.1) is 0 Å². The van der Waals surface area contributed by atoms with Crippen LogP contribution in [0.2, 0.25) is 0 Å². The summed E-state index contributed by atoms with van der Waals surface area (Å²) in [5.74, 6) is 0.792. The van der Waals surface area contributed by atoms with Gasteiger partial charge in [0.2, 0.25) is 0 Å². The van der Waals surface area contributed by atoms with Crippen LogP contribution in [0.5, 0.6) is 0 Å². The van der Waals surface area contributed by atoms with Crippen molar-refractivity contribution in [3.63, 3.8) is 0 Å². The second-order valence-corrected chi connectivity index (χ2v) is 6.87. The molecule has 1 aromatic carbocycles. The lowest BCUT2D eigenvalue weighted by Crippen LogP contribution is -2.47. The van der Waals surface area contributed by atoms with Crippen molar-refractivity contribution in [1.29, 1.82) is 0 Å². The van der Waals surface area contributed by atoms with Crippen LogP contribution in [-0.4, -0.2) is 31.8 Å². The number of carbonyl (C=O) groups is 1. The molecule has 2 aromatic heterocycles. The van der Waals surface area contributed by atoms with Crippen molar-refractivity contribution < 1.29 is 9.90 Å². The normalized spacial score (nSPS) is 15.2. The summed E-state index contributed by atoms with van der Waals surface area (Å²) in [5.41, 5.74) is 0.657. The molecule has 0 spiro atoms. The fourth-order valence-electron chi connectivity index (χ4n) is 2.97. The van der Waals surface area contributed by atoms with Gasteiger partial charge in [0.05, 0.1) is 11.4 Å². The number of nitrogens with one attached hydrogen (secondary N) is 2. The first-order chi connectivity index (χ1) is 11.6. The van der Waals surface area contributed by atoms with E-state index >= 15 is 0 Å². The monoisotopic (exact) mass is 340 g/mol. The molecule has 0 unspecified atom stereocenters. The van der Waals surface area contributed by atoms with Gasteiger partial charge in [-0.15, -0.1) is 11.3 Å². The molecule has 0 fully saturated rings. The van der Waals surface area contributed by atoms with Gasteiger partial charge in [-0.1, -0.05) is 30.3 Å². The number of rotatable bonds is 4. The maximum atomic E-state index is 12.4. The summed E-state index contributed by atoms with van der Waals surface area (Å²) in [7, 11) is 0. The third kappa shape index (κ3) is 2.72. The zero-order valence-electron chi connectivity index (χ0n) is 12.8. The Balaban J connectivity index is 1.41. The molecule has 7 heteroatoms. The smallest absolute Gasteiger partial charge is 0.253 e. The third-order valence-electron chi connectivity index (χ3n) is 4.20. The summed E-state index contributed by atoms with van der Waals surface area (Å²) in [6.07, 6.45) is 0.678. The molecule has 1 amide bonds. The summed E-state index contributed by atoms with van der Waals surface area (Å²) >= 11 is 1.55. The number of H-pyrrole nitrogens is 1. The highest BCUT2D eigenvalue weighted by atomic mass is 32.1. The zero-order valence-corrected chi connectivity index (χ0v) is 13.6. The first kappa shape index (κ1) is 15.0. The lowest BCUT2D eigenvalue weighted by molar-refractivity contribution is -0.139. The van der Waals surface area contributed by atoms with Crippen LogP contribution >= 0.6 is 11.3 Å². The van der Waals surface area contributed by atoms with E-state index in [1.807, 2.05) is 41.8 Å². The van der Waals surface area contributed by atoms with Crippen molar-refractivity contribution in [3.05, 3.63) is 58.7 Å². The maximum Gasteiger partial charge on any atom is 0.253 e. The SMILES string of the molecule is O=C(NCc1nc(-c2cccs2)n[nH]1)C1(O)Cc2ccccc2C1. The Hall–Kier alpha value is -2.51. The van der Waals surface area contributed by atoms with E-state index in [0.717, 1.165) is 16.0 Å². The summed E-state index contributed by atoms with van der Waals surface area (Å²) in [6.45, 7) is 0.204. The van der Waals surface area contributed by atoms with Gasteiger partial charge in [0.15, 0.2) is 11.4 Å². The highest BCUT2D eigenvalue weighted by molar-refractivity contribution is 7.13. The molecule has 24 heavy (non-hydrogen) atoms. The summed E-state index contributed by atoms with van der Waals surface area (Å²) in [6, 6.07) is 11.6. The minimum absolute atomic E-state index is 0.204. The van der Waals surface area contributed by atoms with Crippen molar-refractivity contribution in [1.82, 2.24) is 20.5 Å². The first-order valence-corrected chi connectivity index (χ1v) is 8.55. The largest absolute Gasteiger partial charge is 0.379 e. The quantitative estimate of drug-likeness (QED) is 0.674. The predicted molar refractivity (Wildman–Crippen MR) is 90.3 cm³/mol. The highest BCUT2D eigenvalue weighted by Crippen LogP contribution is 2.30. The third-order valence-corrected chi connectivity index (χ3v) is 5.06. The topological polar surface area (TPSA) is 90.9 Å². The molecule has 0 radical (unpaired) electrons. The number of nitrogens with zero attached hydrogens (tertiary/aromatic N) is 2. The summed E-state index contributed by atoms with van der Waals surface area (Å²) in [4.78, 5) is 17.8. The van der Waals surface area contributed by atoms with Crippen molar-refractivity contribution >= 4 is 17.2 Å². The van der Waals surface area contributed by atoms with Gasteiger partial charge in [0, 0.05) is 12.8 Å². The van der Waals surface area contributed by atoms with Crippen LogP contribution in [0.25, 0.3) is 10.7 Å². The fourth-order valence-corrected chi connectivity index (χ4v) is 3.63. The van der Waals surface area contributed by atoms with Crippen molar-refractivity contribution in [3.8, 4) is 10.7 Å². The van der Waals surface area contributed by atoms with Crippen LogP contribution in [0.1, 0.15) is 17.0 Å². The van der Waals surface area contributed by atoms with E-state index in [1.165, 1.54) is 0 Å². The summed E-state index contributed by atoms with van der Waals surface area (Å²) in [5, 5.41) is 22.3. The molecular formula is C17H16N4O2S. The van der Waals surface area contributed by atoms with Crippen molar-refractivity contribution in [2.75, 3.05) is 0 Å². The Labute approximate surface area is 142 Å². The van der Waals surface area contributed by atoms with E-state index in [2.05, 4.69) is 20.5 Å². The number of hydrogen-bond acceptors (Lipinski definition) is 5. The molecule has 0 atom stereocenters. The number of carbonyl (C=O) groups excluding carboxylic acids is 1. The molecule has 4 rings (SSSR count). The van der Waals surface area contributed by atoms with Crippen LogP contribution in [0.4, 0.5) is 0 Å². The van der Waals surface area contributed by atoms with Gasteiger partial charge in [0.25, 0.3) is 5.91 Å². The number of aliphatic hydroxyl groups is 1. The van der Waals surface area contributed by atoms with Crippen LogP contribution in [0.15, 0.2) is 41.8 Å². The van der Waals surface area contributed by atoms with Gasteiger partial charge in [0.1, 0.15) is 5.82 Å². The van der Waals surface area contributed by atoms with Gasteiger partial charge >= 0.3 is 0 Å². The summed E-state index contributed by atoms with van der Waals surface area (Å²) < 4.78 is 0. The molecule has 3 aromatic rings. The molecule has 0 saturated heterocycles. The molecule has 0 aliphatic heterocycles. The van der Waals surface area contributed by atoms with E-state index in [9.17, 15) is 9.90 Å². The Morgan fingerprint density at radius 1 is 1.25 bits per heavy atom. The first-order valence-electron chi connectivity index (χ1n) is 7.67. The van der Waals surface area contributed by atoms with Gasteiger partial charge < -0.3 is 10.4 Å². The lowest BCUT2D eigenvalue weighted by Gasteiger charge is -2.20. The van der Waals surface area contributed by atoms with E-state index in [0.29, 0.717) is 24.5 Å². The minimum atomic E-state index is -1.39. The van der Waals surface area contributed by atoms with E-state index in [4.69, 9.17) is 0 Å². The molecule has 6 nitrogen and oxygen atoms in total. The molecule has 0 bridgehead atoms. The molecule has 1 aliphatic carbocycles. The number of hydrogen-bond donors (Lipinski definition) is 3. The van der Waals surface area contributed by atoms with E-state index in [-0.39, 0.29) is 12.5 Å². The molecule has 0 saturated carbocycles. The van der Waals surface area contributed by atoms with Crippen LogP contribution in [-0.2, 0) is 24.2 Å². The van der Waals surface area contributed by atoms with E-state index in [1.54, 1.807) is 11.3 Å². The molecule has 1 aliphatic rings. The average Bonchev–Trinajstić information content (AvgIpc) is 3.30. The van der Waals surface area contributed by atoms with Gasteiger partial charge in [-0.25, -0.2) is 4.98 Å². The van der Waals surface area contributed by atoms with Crippen LogP contribution in [0.3, 0.4) is 0 Å². The van der Waals surface area contributed by atoms with Crippen LogP contribution < -0.4 is 5.32 Å². The van der Waals surface area contributed by atoms with Gasteiger partial charge in [-0.3, -0.25) is 9.89 Å². The number of thiophene rings is 1. The Morgan fingerprint density at radius 2 is 2.00 bits per heavy atom. The minimum Gasteiger partial charge on any atom is -0.379 e. The number of aromatic amines is 1. The molecular weight excluding hydrogens is 324 g/mol. The van der Waals surface area contributed by atoms with Gasteiger partial charge in [-0.05, 0) is 22.6 Å². The van der Waals surface area contributed by atoms with Gasteiger partial charge in [-0.2, -0.15) is 5.10 Å². The average molecular weight is 340 g/mol. The highest BCUT2D eigenvalue weighted by Gasteiger charge is 2.41. The number of benzene rings is 1. The maximum absolute atomic E-state index is 12.4. The second kappa shape index (κ2) is 5.85. The molecule has 122 valence electrons. The van der Waals surface area contributed by atoms with Crippen molar-refractivity contribution in [2.24, 2.45) is 0 Å². The Kier molecular flexibility index (Phi) is 3.66. The van der Waals surface area contributed by atoms with E-state index < -0.39 is 5.60 Å². The number of aromatic nitrogens is 3. The molecule has 3 N–H and O–H groups in total. The van der Waals surface area contributed by atoms with Crippen molar-refractivity contribution in [2.45, 2.75) is 25.0 Å². The Morgan fingerprint density at radius 3 is 2.67 bits per heavy atom.